The van der Waals surface area contributed by atoms with Gasteiger partial charge in [0.15, 0.2) is 0 Å². The molecule has 2 atom stereocenters. The minimum Gasteiger partial charge on any atom is -0.384 e. The molecule has 0 aromatic rings. The lowest BCUT2D eigenvalue weighted by molar-refractivity contribution is 0.0709. The first-order valence-electron chi connectivity index (χ1n) is 6.54. The van der Waals surface area contributed by atoms with Crippen molar-refractivity contribution in [3.8, 4) is 0 Å². The number of likely N-dealkylation sites (tertiary alicyclic amines) is 1. The zero-order valence-corrected chi connectivity index (χ0v) is 10.2. The van der Waals surface area contributed by atoms with Crippen LogP contribution in [0.1, 0.15) is 39.0 Å². The highest BCUT2D eigenvalue weighted by Crippen LogP contribution is 2.32. The summed E-state index contributed by atoms with van der Waals surface area (Å²) in [7, 11) is 1.82. The first-order valence-corrected chi connectivity index (χ1v) is 6.54. The van der Waals surface area contributed by atoms with Crippen LogP contribution in [0.2, 0.25) is 0 Å². The van der Waals surface area contributed by atoms with Gasteiger partial charge < -0.3 is 9.64 Å². The fraction of sp³-hybridized carbons (Fsp3) is 1.00. The summed E-state index contributed by atoms with van der Waals surface area (Å²) in [6, 6.07) is 0.897. The van der Waals surface area contributed by atoms with Crippen LogP contribution in [0.25, 0.3) is 0 Å². The van der Waals surface area contributed by atoms with Crippen molar-refractivity contribution in [2.75, 3.05) is 26.8 Å². The molecular weight excluding hydrogens is 186 g/mol. The lowest BCUT2D eigenvalue weighted by atomic mass is 9.94. The van der Waals surface area contributed by atoms with Crippen molar-refractivity contribution >= 4 is 0 Å². The maximum atomic E-state index is 5.24. The Morgan fingerprint density at radius 1 is 1.13 bits per heavy atom. The molecule has 0 N–H and O–H groups in total. The predicted molar refractivity (Wildman–Crippen MR) is 63.0 cm³/mol. The molecule has 88 valence electrons. The van der Waals surface area contributed by atoms with Gasteiger partial charge in [0, 0.05) is 19.8 Å². The van der Waals surface area contributed by atoms with E-state index in [4.69, 9.17) is 4.74 Å². The number of hydrogen-bond donors (Lipinski definition) is 0. The van der Waals surface area contributed by atoms with Crippen LogP contribution in [0.4, 0.5) is 0 Å². The van der Waals surface area contributed by atoms with E-state index in [-0.39, 0.29) is 0 Å². The largest absolute Gasteiger partial charge is 0.384 e. The molecule has 0 amide bonds. The topological polar surface area (TPSA) is 12.5 Å². The molecule has 1 aliphatic carbocycles. The van der Waals surface area contributed by atoms with Gasteiger partial charge in [-0.05, 0) is 50.6 Å². The quantitative estimate of drug-likeness (QED) is 0.711. The van der Waals surface area contributed by atoms with E-state index in [0.717, 1.165) is 24.5 Å². The van der Waals surface area contributed by atoms with Crippen LogP contribution in [0.15, 0.2) is 0 Å². The second-order valence-corrected chi connectivity index (χ2v) is 5.41. The SMILES string of the molecule is COCC1CCN([C@H]2CCC[C@@H]2C)CC1. The number of ether oxygens (including phenoxy) is 1. The number of nitrogens with zero attached hydrogens (tertiary/aromatic N) is 1. The van der Waals surface area contributed by atoms with Gasteiger partial charge in [-0.2, -0.15) is 0 Å². The van der Waals surface area contributed by atoms with Crippen molar-refractivity contribution in [1.29, 1.82) is 0 Å². The first-order chi connectivity index (χ1) is 7.31. The number of methoxy groups -OCH3 is 1. The third kappa shape index (κ3) is 2.73. The molecule has 1 saturated carbocycles. The Kier molecular flexibility index (Phi) is 4.04. The zero-order valence-electron chi connectivity index (χ0n) is 10.2. The summed E-state index contributed by atoms with van der Waals surface area (Å²) in [6.07, 6.45) is 7.02. The summed E-state index contributed by atoms with van der Waals surface area (Å²) in [5, 5.41) is 0. The number of piperidine rings is 1. The summed E-state index contributed by atoms with van der Waals surface area (Å²) in [5.41, 5.74) is 0. The normalized spacial score (nSPS) is 34.8. The highest BCUT2D eigenvalue weighted by atomic mass is 16.5. The van der Waals surface area contributed by atoms with E-state index in [9.17, 15) is 0 Å². The molecule has 2 fully saturated rings. The second-order valence-electron chi connectivity index (χ2n) is 5.41. The summed E-state index contributed by atoms with van der Waals surface area (Å²) >= 11 is 0. The van der Waals surface area contributed by atoms with Gasteiger partial charge in [0.1, 0.15) is 0 Å². The van der Waals surface area contributed by atoms with Crippen molar-refractivity contribution in [2.24, 2.45) is 11.8 Å². The van der Waals surface area contributed by atoms with Gasteiger partial charge in [-0.1, -0.05) is 13.3 Å². The van der Waals surface area contributed by atoms with Crippen LogP contribution in [0.3, 0.4) is 0 Å². The van der Waals surface area contributed by atoms with Crippen molar-refractivity contribution in [3.63, 3.8) is 0 Å². The molecule has 0 aromatic heterocycles. The summed E-state index contributed by atoms with van der Waals surface area (Å²) in [4.78, 5) is 2.74. The van der Waals surface area contributed by atoms with E-state index >= 15 is 0 Å². The Balaban J connectivity index is 1.77. The molecule has 2 aliphatic rings. The van der Waals surface area contributed by atoms with Gasteiger partial charge in [-0.15, -0.1) is 0 Å². The van der Waals surface area contributed by atoms with Gasteiger partial charge in [0.25, 0.3) is 0 Å². The molecule has 2 rings (SSSR count). The van der Waals surface area contributed by atoms with E-state index in [1.165, 1.54) is 45.2 Å². The van der Waals surface area contributed by atoms with Crippen LogP contribution in [-0.4, -0.2) is 37.7 Å². The Morgan fingerprint density at radius 2 is 1.87 bits per heavy atom. The highest BCUT2D eigenvalue weighted by molar-refractivity contribution is 4.85. The zero-order chi connectivity index (χ0) is 10.7. The van der Waals surface area contributed by atoms with Crippen LogP contribution in [0, 0.1) is 11.8 Å². The number of rotatable bonds is 3. The molecule has 1 saturated heterocycles. The monoisotopic (exact) mass is 211 g/mol. The molecule has 15 heavy (non-hydrogen) atoms. The van der Waals surface area contributed by atoms with Gasteiger partial charge in [-0.3, -0.25) is 0 Å². The summed E-state index contributed by atoms with van der Waals surface area (Å²) < 4.78 is 5.24. The molecule has 1 heterocycles. The van der Waals surface area contributed by atoms with E-state index < -0.39 is 0 Å². The molecule has 0 radical (unpaired) electrons. The summed E-state index contributed by atoms with van der Waals surface area (Å²) in [6.45, 7) is 6.01. The fourth-order valence-corrected chi connectivity index (χ4v) is 3.36. The third-order valence-electron chi connectivity index (χ3n) is 4.34. The van der Waals surface area contributed by atoms with E-state index in [1.54, 1.807) is 0 Å². The fourth-order valence-electron chi connectivity index (χ4n) is 3.36. The van der Waals surface area contributed by atoms with Gasteiger partial charge in [-0.25, -0.2) is 0 Å². The average molecular weight is 211 g/mol. The van der Waals surface area contributed by atoms with Crippen LogP contribution < -0.4 is 0 Å². The average Bonchev–Trinajstić information content (AvgIpc) is 2.66. The first kappa shape index (κ1) is 11.4. The van der Waals surface area contributed by atoms with E-state index in [0.29, 0.717) is 0 Å². The second kappa shape index (κ2) is 5.31. The third-order valence-corrected chi connectivity index (χ3v) is 4.34. The minimum atomic E-state index is 0.822. The minimum absolute atomic E-state index is 0.822. The molecule has 0 unspecified atom stereocenters. The highest BCUT2D eigenvalue weighted by Gasteiger charge is 2.31. The Morgan fingerprint density at radius 3 is 2.40 bits per heavy atom. The predicted octanol–water partition coefficient (Wildman–Crippen LogP) is 2.53. The molecule has 0 spiro atoms. The molecule has 0 aromatic carbocycles. The van der Waals surface area contributed by atoms with Crippen molar-refractivity contribution in [2.45, 2.75) is 45.1 Å². The molecule has 1 aliphatic heterocycles. The lowest BCUT2D eigenvalue weighted by Gasteiger charge is -2.37. The van der Waals surface area contributed by atoms with Crippen LogP contribution >= 0.6 is 0 Å². The Labute approximate surface area is 94.0 Å². The van der Waals surface area contributed by atoms with Gasteiger partial charge >= 0.3 is 0 Å². The molecule has 0 bridgehead atoms. The van der Waals surface area contributed by atoms with Crippen LogP contribution in [0.5, 0.6) is 0 Å². The Bertz CT molecular complexity index is 187. The maximum absolute atomic E-state index is 5.24. The standard InChI is InChI=1S/C13H25NO/c1-11-4-3-5-13(11)14-8-6-12(7-9-14)10-15-2/h11-13H,3-10H2,1-2H3/t11-,13-/m0/s1. The van der Waals surface area contributed by atoms with E-state index in [1.807, 2.05) is 7.11 Å². The molecular formula is C13H25NO. The molecule has 2 nitrogen and oxygen atoms in total. The number of hydrogen-bond acceptors (Lipinski definition) is 2. The van der Waals surface area contributed by atoms with Crippen LogP contribution in [-0.2, 0) is 4.74 Å². The van der Waals surface area contributed by atoms with Crippen molar-refractivity contribution < 1.29 is 4.74 Å². The smallest absolute Gasteiger partial charge is 0.0491 e. The maximum Gasteiger partial charge on any atom is 0.0491 e. The summed E-state index contributed by atoms with van der Waals surface area (Å²) in [5.74, 6) is 1.76. The van der Waals surface area contributed by atoms with Gasteiger partial charge in [0.05, 0.1) is 0 Å². The van der Waals surface area contributed by atoms with Crippen molar-refractivity contribution in [3.05, 3.63) is 0 Å². The van der Waals surface area contributed by atoms with E-state index in [2.05, 4.69) is 11.8 Å². The van der Waals surface area contributed by atoms with Gasteiger partial charge in [0.2, 0.25) is 0 Å². The Hall–Kier alpha value is -0.0800. The molecule has 2 heteroatoms. The van der Waals surface area contributed by atoms with Crippen molar-refractivity contribution in [1.82, 2.24) is 4.90 Å². The lowest BCUT2D eigenvalue weighted by Crippen LogP contribution is -2.43.